The average molecular weight is 236 g/mol. The first kappa shape index (κ1) is 11.5. The Kier molecular flexibility index (Phi) is 3.85. The van der Waals surface area contributed by atoms with Crippen LogP contribution in [0, 0.1) is 0 Å². The van der Waals surface area contributed by atoms with E-state index in [1.54, 1.807) is 0 Å². The van der Waals surface area contributed by atoms with Gasteiger partial charge in [0.25, 0.3) is 0 Å². The van der Waals surface area contributed by atoms with Gasteiger partial charge in [-0.1, -0.05) is 18.2 Å². The highest BCUT2D eigenvalue weighted by atomic mass is 32.2. The Bertz CT molecular complexity index is 381. The summed E-state index contributed by atoms with van der Waals surface area (Å²) in [6, 6.07) is 8.52. The summed E-state index contributed by atoms with van der Waals surface area (Å²) >= 11 is 1.91. The molecule has 4 heteroatoms. The fourth-order valence-electron chi connectivity index (χ4n) is 1.89. The zero-order chi connectivity index (χ0) is 11.4. The highest BCUT2D eigenvalue weighted by molar-refractivity contribution is 7.99. The molecule has 0 spiro atoms. The topological polar surface area (TPSA) is 55.1 Å². The van der Waals surface area contributed by atoms with Crippen molar-refractivity contribution >= 4 is 17.7 Å². The van der Waals surface area contributed by atoms with Crippen molar-refractivity contribution in [3.05, 3.63) is 29.8 Å². The van der Waals surface area contributed by atoms with E-state index in [0.29, 0.717) is 18.9 Å². The van der Waals surface area contributed by atoms with Crippen LogP contribution in [0.15, 0.2) is 29.2 Å². The second-order valence-corrected chi connectivity index (χ2v) is 5.03. The van der Waals surface area contributed by atoms with E-state index in [4.69, 9.17) is 5.73 Å². The van der Waals surface area contributed by atoms with Crippen molar-refractivity contribution in [1.29, 1.82) is 0 Å². The van der Waals surface area contributed by atoms with Crippen LogP contribution in [0.1, 0.15) is 17.9 Å². The third-order valence-corrected chi connectivity index (χ3v) is 3.99. The number of nitrogens with two attached hydrogens (primary N) is 1. The molecule has 86 valence electrons. The van der Waals surface area contributed by atoms with Gasteiger partial charge in [0.15, 0.2) is 0 Å². The number of thioether (sulfide) groups is 1. The Morgan fingerprint density at radius 1 is 1.50 bits per heavy atom. The quantitative estimate of drug-likeness (QED) is 0.759. The van der Waals surface area contributed by atoms with Gasteiger partial charge in [-0.15, -0.1) is 11.8 Å². The van der Waals surface area contributed by atoms with Crippen LogP contribution in [0.2, 0.25) is 0 Å². The fourth-order valence-corrected chi connectivity index (χ4v) is 3.14. The first-order valence-electron chi connectivity index (χ1n) is 5.48. The molecule has 16 heavy (non-hydrogen) atoms. The van der Waals surface area contributed by atoms with Crippen molar-refractivity contribution in [2.24, 2.45) is 5.73 Å². The zero-order valence-electron chi connectivity index (χ0n) is 9.11. The molecule has 0 fully saturated rings. The number of carbonyl (C=O) groups excluding carboxylic acids is 1. The number of amides is 1. The molecular weight excluding hydrogens is 220 g/mol. The van der Waals surface area contributed by atoms with Gasteiger partial charge in [-0.3, -0.25) is 4.79 Å². The van der Waals surface area contributed by atoms with Crippen molar-refractivity contribution in [3.8, 4) is 0 Å². The van der Waals surface area contributed by atoms with Crippen molar-refractivity contribution in [2.45, 2.75) is 17.2 Å². The van der Waals surface area contributed by atoms with E-state index in [9.17, 15) is 4.79 Å². The molecule has 0 saturated heterocycles. The van der Waals surface area contributed by atoms with Crippen molar-refractivity contribution in [2.75, 3.05) is 18.8 Å². The Balaban J connectivity index is 1.82. The third-order valence-electron chi connectivity index (χ3n) is 2.74. The minimum atomic E-state index is -0.242. The maximum Gasteiger partial charge on any atom is 0.218 e. The lowest BCUT2D eigenvalue weighted by molar-refractivity contribution is -0.117. The highest BCUT2D eigenvalue weighted by Gasteiger charge is 2.21. The van der Waals surface area contributed by atoms with Gasteiger partial charge in [-0.05, 0) is 11.6 Å². The molecule has 0 aromatic heterocycles. The smallest absolute Gasteiger partial charge is 0.218 e. The minimum Gasteiger partial charge on any atom is -0.370 e. The highest BCUT2D eigenvalue weighted by Crippen LogP contribution is 2.38. The first-order chi connectivity index (χ1) is 7.77. The summed E-state index contributed by atoms with van der Waals surface area (Å²) < 4.78 is 0. The van der Waals surface area contributed by atoms with Crippen LogP contribution in [0.5, 0.6) is 0 Å². The lowest BCUT2D eigenvalue weighted by Gasteiger charge is -2.11. The Labute approximate surface area is 99.8 Å². The third kappa shape index (κ3) is 2.77. The summed E-state index contributed by atoms with van der Waals surface area (Å²) in [4.78, 5) is 12.0. The predicted molar refractivity (Wildman–Crippen MR) is 66.6 cm³/mol. The second kappa shape index (κ2) is 5.37. The Hall–Kier alpha value is -1.00. The summed E-state index contributed by atoms with van der Waals surface area (Å²) in [5, 5.41) is 3.29. The van der Waals surface area contributed by atoms with Crippen LogP contribution in [0.3, 0.4) is 0 Å². The SMILES string of the molecule is NC(=O)CCNCC1CSc2ccccc21. The van der Waals surface area contributed by atoms with E-state index in [2.05, 4.69) is 29.6 Å². The summed E-state index contributed by atoms with van der Waals surface area (Å²) in [5.41, 5.74) is 6.51. The van der Waals surface area contributed by atoms with E-state index in [1.165, 1.54) is 10.5 Å². The number of fused-ring (bicyclic) bond motifs is 1. The molecule has 1 heterocycles. The zero-order valence-corrected chi connectivity index (χ0v) is 9.93. The van der Waals surface area contributed by atoms with E-state index >= 15 is 0 Å². The molecule has 3 N–H and O–H groups in total. The van der Waals surface area contributed by atoms with Crippen molar-refractivity contribution < 1.29 is 4.79 Å². The average Bonchev–Trinajstić information content (AvgIpc) is 2.68. The van der Waals surface area contributed by atoms with E-state index in [-0.39, 0.29) is 5.91 Å². The molecule has 1 aliphatic rings. The van der Waals surface area contributed by atoms with Gasteiger partial charge >= 0.3 is 0 Å². The second-order valence-electron chi connectivity index (χ2n) is 3.97. The van der Waals surface area contributed by atoms with Crippen LogP contribution >= 0.6 is 11.8 Å². The molecule has 1 atom stereocenters. The lowest BCUT2D eigenvalue weighted by Crippen LogP contribution is -2.26. The van der Waals surface area contributed by atoms with Crippen molar-refractivity contribution in [3.63, 3.8) is 0 Å². The van der Waals surface area contributed by atoms with Gasteiger partial charge in [0.2, 0.25) is 5.91 Å². The summed E-state index contributed by atoms with van der Waals surface area (Å²) in [6.07, 6.45) is 0.418. The molecule has 1 aromatic carbocycles. The maximum atomic E-state index is 10.6. The minimum absolute atomic E-state index is 0.242. The molecule has 1 unspecified atom stereocenters. The monoisotopic (exact) mass is 236 g/mol. The standard InChI is InChI=1S/C12H16N2OS/c13-12(15)5-6-14-7-9-8-16-11-4-2-1-3-10(9)11/h1-4,9,14H,5-8H2,(H2,13,15). The first-order valence-corrected chi connectivity index (χ1v) is 6.46. The van der Waals surface area contributed by atoms with Crippen molar-refractivity contribution in [1.82, 2.24) is 5.32 Å². The Morgan fingerprint density at radius 3 is 3.12 bits per heavy atom. The number of hydrogen-bond donors (Lipinski definition) is 2. The maximum absolute atomic E-state index is 10.6. The van der Waals surface area contributed by atoms with Gasteiger partial charge in [-0.25, -0.2) is 0 Å². The molecule has 0 saturated carbocycles. The molecule has 1 aliphatic heterocycles. The predicted octanol–water partition coefficient (Wildman–Crippen LogP) is 1.34. The molecule has 1 amide bonds. The Morgan fingerprint density at radius 2 is 2.31 bits per heavy atom. The largest absolute Gasteiger partial charge is 0.370 e. The van der Waals surface area contributed by atoms with Crippen LogP contribution in [-0.2, 0) is 4.79 Å². The fraction of sp³-hybridized carbons (Fsp3) is 0.417. The van der Waals surface area contributed by atoms with Crippen LogP contribution in [0.4, 0.5) is 0 Å². The number of nitrogens with one attached hydrogen (secondary N) is 1. The number of primary amides is 1. The van der Waals surface area contributed by atoms with Gasteiger partial charge in [0.1, 0.15) is 0 Å². The number of benzene rings is 1. The van der Waals surface area contributed by atoms with Gasteiger partial charge in [-0.2, -0.15) is 0 Å². The number of rotatable bonds is 5. The van der Waals surface area contributed by atoms with E-state index in [1.807, 2.05) is 11.8 Å². The number of carbonyl (C=O) groups is 1. The van der Waals surface area contributed by atoms with Crippen LogP contribution < -0.4 is 11.1 Å². The van der Waals surface area contributed by atoms with Gasteiger partial charge in [0.05, 0.1) is 0 Å². The molecule has 0 bridgehead atoms. The molecule has 2 rings (SSSR count). The summed E-state index contributed by atoms with van der Waals surface area (Å²) in [7, 11) is 0. The lowest BCUT2D eigenvalue weighted by atomic mass is 10.0. The molecule has 3 nitrogen and oxygen atoms in total. The number of hydrogen-bond acceptors (Lipinski definition) is 3. The summed E-state index contributed by atoms with van der Waals surface area (Å²) in [5.74, 6) is 1.45. The van der Waals surface area contributed by atoms with Gasteiger partial charge in [0, 0.05) is 36.1 Å². The molecule has 0 aliphatic carbocycles. The molecule has 1 aromatic rings. The van der Waals surface area contributed by atoms with E-state index < -0.39 is 0 Å². The summed E-state index contributed by atoms with van der Waals surface area (Å²) in [6.45, 7) is 1.61. The van der Waals surface area contributed by atoms with Crippen LogP contribution in [-0.4, -0.2) is 24.7 Å². The molecular formula is C12H16N2OS. The van der Waals surface area contributed by atoms with Gasteiger partial charge < -0.3 is 11.1 Å². The van der Waals surface area contributed by atoms with E-state index in [0.717, 1.165) is 12.3 Å². The normalized spacial score (nSPS) is 18.4. The van der Waals surface area contributed by atoms with Crippen LogP contribution in [0.25, 0.3) is 0 Å². The molecule has 0 radical (unpaired) electrons.